The molecule has 0 radical (unpaired) electrons. The van der Waals surface area contributed by atoms with Crippen molar-refractivity contribution in [3.8, 4) is 0 Å². The minimum atomic E-state index is 0.659. The Morgan fingerprint density at radius 1 is 1.30 bits per heavy atom. The predicted molar refractivity (Wildman–Crippen MR) is 82.0 cm³/mol. The number of hydrogen-bond acceptors (Lipinski definition) is 2. The molecule has 4 nitrogen and oxygen atoms in total. The van der Waals surface area contributed by atoms with Gasteiger partial charge in [0.1, 0.15) is 11.0 Å². The Balaban J connectivity index is 2.05. The fourth-order valence-electron chi connectivity index (χ4n) is 2.53. The topological polar surface area (TPSA) is 34.8 Å². The van der Waals surface area contributed by atoms with Gasteiger partial charge in [0.25, 0.3) is 0 Å². The molecule has 2 heterocycles. The SMILES string of the molecule is CNCc1cccc2ccn(Cc3ncc(Cl)n3C)c12. The molecule has 0 aliphatic carbocycles. The lowest BCUT2D eigenvalue weighted by atomic mass is 10.1. The molecule has 104 valence electrons. The number of aromatic nitrogens is 3. The molecule has 0 bridgehead atoms. The van der Waals surface area contributed by atoms with Crippen molar-refractivity contribution in [1.82, 2.24) is 19.4 Å². The van der Waals surface area contributed by atoms with Crippen LogP contribution >= 0.6 is 11.6 Å². The summed E-state index contributed by atoms with van der Waals surface area (Å²) in [6.07, 6.45) is 3.80. The van der Waals surface area contributed by atoms with E-state index in [1.54, 1.807) is 6.20 Å². The molecule has 0 aliphatic heterocycles. The van der Waals surface area contributed by atoms with Crippen LogP contribution in [-0.4, -0.2) is 21.2 Å². The van der Waals surface area contributed by atoms with Crippen molar-refractivity contribution in [3.05, 3.63) is 53.2 Å². The third kappa shape index (κ3) is 2.21. The lowest BCUT2D eigenvalue weighted by Gasteiger charge is -2.10. The van der Waals surface area contributed by atoms with Crippen LogP contribution in [0.2, 0.25) is 5.15 Å². The molecule has 3 aromatic rings. The number of nitrogens with one attached hydrogen (secondary N) is 1. The second-order valence-corrected chi connectivity index (χ2v) is 5.27. The zero-order valence-corrected chi connectivity index (χ0v) is 12.4. The zero-order valence-electron chi connectivity index (χ0n) is 11.6. The van der Waals surface area contributed by atoms with Gasteiger partial charge >= 0.3 is 0 Å². The van der Waals surface area contributed by atoms with Crippen molar-refractivity contribution in [3.63, 3.8) is 0 Å². The molecule has 1 N–H and O–H groups in total. The molecule has 20 heavy (non-hydrogen) atoms. The largest absolute Gasteiger partial charge is 0.340 e. The van der Waals surface area contributed by atoms with E-state index in [9.17, 15) is 0 Å². The summed E-state index contributed by atoms with van der Waals surface area (Å²) in [5.41, 5.74) is 2.54. The van der Waals surface area contributed by atoms with Crippen molar-refractivity contribution in [1.29, 1.82) is 0 Å². The average molecular weight is 289 g/mol. The number of fused-ring (bicyclic) bond motifs is 1. The van der Waals surface area contributed by atoms with Gasteiger partial charge in [-0.25, -0.2) is 4.98 Å². The predicted octanol–water partition coefficient (Wildman–Crippen LogP) is 2.80. The minimum Gasteiger partial charge on any atom is -0.340 e. The number of para-hydroxylation sites is 1. The number of nitrogens with zero attached hydrogens (tertiary/aromatic N) is 3. The molecule has 0 saturated carbocycles. The maximum Gasteiger partial charge on any atom is 0.129 e. The molecule has 0 spiro atoms. The molecule has 3 rings (SSSR count). The van der Waals surface area contributed by atoms with Crippen LogP contribution in [-0.2, 0) is 20.1 Å². The van der Waals surface area contributed by atoms with E-state index in [1.165, 1.54) is 16.5 Å². The fourth-order valence-corrected chi connectivity index (χ4v) is 2.68. The second-order valence-electron chi connectivity index (χ2n) is 4.89. The summed E-state index contributed by atoms with van der Waals surface area (Å²) in [5.74, 6) is 0.951. The summed E-state index contributed by atoms with van der Waals surface area (Å²) in [6.45, 7) is 1.57. The van der Waals surface area contributed by atoms with Crippen molar-refractivity contribution in [2.24, 2.45) is 7.05 Å². The molecule has 0 atom stereocenters. The molecular weight excluding hydrogens is 272 g/mol. The first-order chi connectivity index (χ1) is 9.70. The van der Waals surface area contributed by atoms with Crippen molar-refractivity contribution < 1.29 is 0 Å². The Hall–Kier alpha value is -1.78. The molecular formula is C15H17ClN4. The summed E-state index contributed by atoms with van der Waals surface area (Å²) in [6, 6.07) is 8.52. The molecule has 0 amide bonds. The standard InChI is InChI=1S/C15H17ClN4/c1-17-8-12-5-3-4-11-6-7-20(15(11)12)10-14-18-9-13(16)19(14)2/h3-7,9,17H,8,10H2,1-2H3. The smallest absolute Gasteiger partial charge is 0.129 e. The number of rotatable bonds is 4. The fraction of sp³-hybridized carbons (Fsp3) is 0.267. The second kappa shape index (κ2) is 5.31. The first-order valence-corrected chi connectivity index (χ1v) is 6.96. The number of halogens is 1. The van der Waals surface area contributed by atoms with Gasteiger partial charge in [0, 0.05) is 19.8 Å². The summed E-state index contributed by atoms with van der Waals surface area (Å²) in [4.78, 5) is 4.37. The number of benzene rings is 1. The Morgan fingerprint density at radius 2 is 2.15 bits per heavy atom. The maximum absolute atomic E-state index is 6.05. The van der Waals surface area contributed by atoms with Gasteiger partial charge in [-0.3, -0.25) is 0 Å². The lowest BCUT2D eigenvalue weighted by molar-refractivity contribution is 0.714. The van der Waals surface area contributed by atoms with E-state index in [0.29, 0.717) is 11.7 Å². The van der Waals surface area contributed by atoms with Crippen LogP contribution in [0.3, 0.4) is 0 Å². The van der Waals surface area contributed by atoms with Gasteiger partial charge in [0.05, 0.1) is 18.3 Å². The van der Waals surface area contributed by atoms with Crippen LogP contribution in [0.1, 0.15) is 11.4 Å². The monoisotopic (exact) mass is 288 g/mol. The summed E-state index contributed by atoms with van der Waals surface area (Å²) in [5, 5.41) is 5.12. The van der Waals surface area contributed by atoms with Gasteiger partial charge in [-0.1, -0.05) is 29.8 Å². The first-order valence-electron chi connectivity index (χ1n) is 6.58. The highest BCUT2D eigenvalue weighted by Gasteiger charge is 2.10. The van der Waals surface area contributed by atoms with Crippen molar-refractivity contribution in [2.75, 3.05) is 7.05 Å². The Morgan fingerprint density at radius 3 is 2.85 bits per heavy atom. The van der Waals surface area contributed by atoms with E-state index in [4.69, 9.17) is 11.6 Å². The molecule has 2 aromatic heterocycles. The highest BCUT2D eigenvalue weighted by Crippen LogP contribution is 2.22. The van der Waals surface area contributed by atoms with Gasteiger partial charge < -0.3 is 14.5 Å². The summed E-state index contributed by atoms with van der Waals surface area (Å²) < 4.78 is 4.13. The molecule has 0 saturated heterocycles. The molecule has 1 aromatic carbocycles. The zero-order chi connectivity index (χ0) is 14.1. The van der Waals surface area contributed by atoms with Crippen LogP contribution in [0.15, 0.2) is 36.7 Å². The summed E-state index contributed by atoms with van der Waals surface area (Å²) in [7, 11) is 3.90. The molecule has 0 fully saturated rings. The highest BCUT2D eigenvalue weighted by atomic mass is 35.5. The van der Waals surface area contributed by atoms with Gasteiger partial charge in [0.2, 0.25) is 0 Å². The van der Waals surface area contributed by atoms with E-state index >= 15 is 0 Å². The van der Waals surface area contributed by atoms with E-state index in [-0.39, 0.29) is 0 Å². The van der Waals surface area contributed by atoms with E-state index in [1.807, 2.05) is 18.7 Å². The van der Waals surface area contributed by atoms with Gasteiger partial charge in [0.15, 0.2) is 0 Å². The third-order valence-electron chi connectivity index (χ3n) is 3.58. The maximum atomic E-state index is 6.05. The van der Waals surface area contributed by atoms with E-state index in [0.717, 1.165) is 12.4 Å². The lowest BCUT2D eigenvalue weighted by Crippen LogP contribution is -2.09. The van der Waals surface area contributed by atoms with Gasteiger partial charge in [-0.15, -0.1) is 0 Å². The highest BCUT2D eigenvalue weighted by molar-refractivity contribution is 6.29. The third-order valence-corrected chi connectivity index (χ3v) is 3.93. The number of imidazole rings is 1. The Bertz CT molecular complexity index is 741. The van der Waals surface area contributed by atoms with Crippen molar-refractivity contribution >= 4 is 22.5 Å². The Kier molecular flexibility index (Phi) is 3.51. The molecule has 0 unspecified atom stereocenters. The minimum absolute atomic E-state index is 0.659. The van der Waals surface area contributed by atoms with E-state index < -0.39 is 0 Å². The number of hydrogen-bond donors (Lipinski definition) is 1. The van der Waals surface area contributed by atoms with E-state index in [2.05, 4.69) is 45.3 Å². The van der Waals surface area contributed by atoms with Crippen LogP contribution in [0, 0.1) is 0 Å². The molecule has 0 aliphatic rings. The Labute approximate surface area is 123 Å². The summed E-state index contributed by atoms with van der Waals surface area (Å²) >= 11 is 6.05. The van der Waals surface area contributed by atoms with Crippen LogP contribution in [0.4, 0.5) is 0 Å². The van der Waals surface area contributed by atoms with Crippen LogP contribution in [0.5, 0.6) is 0 Å². The van der Waals surface area contributed by atoms with Gasteiger partial charge in [-0.05, 0) is 24.1 Å². The quantitative estimate of drug-likeness (QED) is 0.801. The first kappa shape index (κ1) is 13.2. The average Bonchev–Trinajstić information content (AvgIpc) is 2.99. The normalized spacial score (nSPS) is 11.3. The van der Waals surface area contributed by atoms with Crippen molar-refractivity contribution in [2.45, 2.75) is 13.1 Å². The van der Waals surface area contributed by atoms with Gasteiger partial charge in [-0.2, -0.15) is 0 Å². The molecule has 5 heteroatoms. The van der Waals surface area contributed by atoms with Crippen LogP contribution in [0.25, 0.3) is 10.9 Å². The van der Waals surface area contributed by atoms with Crippen LogP contribution < -0.4 is 5.32 Å².